The lowest BCUT2D eigenvalue weighted by molar-refractivity contribution is -0.648. The predicted octanol–water partition coefficient (Wildman–Crippen LogP) is 3.29. The largest absolute Gasteiger partial charge is 0.374 e. The molecular weight excluding hydrogens is 452 g/mol. The van der Waals surface area contributed by atoms with Gasteiger partial charge in [0.2, 0.25) is 15.8 Å². The average Bonchev–Trinajstić information content (AvgIpc) is 3.30. The van der Waals surface area contributed by atoms with Crippen molar-refractivity contribution < 1.29 is 17.9 Å². The number of anilines is 1. The Kier molecular flexibility index (Phi) is 5.93. The van der Waals surface area contributed by atoms with Gasteiger partial charge in [-0.15, -0.1) is 9.67 Å². The lowest BCUT2D eigenvalue weighted by Gasteiger charge is -2.20. The van der Waals surface area contributed by atoms with Crippen molar-refractivity contribution in [2.45, 2.75) is 37.5 Å². The molecule has 0 saturated carbocycles. The molecule has 1 saturated heterocycles. The number of aromatic amines is 2. The highest BCUT2D eigenvalue weighted by atomic mass is 32.2. The number of fused-ring (bicyclic) bond motifs is 1. The number of aromatic nitrogens is 4. The zero-order chi connectivity index (χ0) is 23.7. The Morgan fingerprint density at radius 1 is 1.03 bits per heavy atom. The van der Waals surface area contributed by atoms with E-state index >= 15 is 0 Å². The molecule has 1 fully saturated rings. The van der Waals surface area contributed by atoms with Gasteiger partial charge in [-0.1, -0.05) is 31.0 Å². The number of aryl methyl sites for hydroxylation is 1. The normalized spacial score (nSPS) is 15.3. The number of imidazole rings is 1. The van der Waals surface area contributed by atoms with E-state index in [2.05, 4.69) is 20.4 Å². The number of sulfonamides is 1. The Balaban J connectivity index is 1.41. The molecule has 176 valence electrons. The van der Waals surface area contributed by atoms with E-state index in [0.29, 0.717) is 24.9 Å². The molecule has 0 atom stereocenters. The van der Waals surface area contributed by atoms with E-state index in [-0.39, 0.29) is 10.5 Å². The Bertz CT molecular complexity index is 1420. The standard InChI is InChI=1S/C24H26N6O3S/c1-17-15-22(30(28-17)24-25-20-11-4-5-12-21(20)26-24)27-23(31)18-9-8-10-19(16-18)34(32,33)29-13-6-2-3-7-14-29/h4-5,8-12,15-16H,2-3,6-7,13-14H2,1H3,(H2,25,26,27,28,31)/p+1. The molecular formula is C24H27N6O3S+. The minimum Gasteiger partial charge on any atom is -0.258 e. The number of nitrogens with zero attached hydrogens (tertiary/aromatic N) is 3. The zero-order valence-corrected chi connectivity index (χ0v) is 19.7. The van der Waals surface area contributed by atoms with Gasteiger partial charge in [-0.2, -0.15) is 4.31 Å². The second-order valence-corrected chi connectivity index (χ2v) is 10.5. The van der Waals surface area contributed by atoms with Crippen LogP contribution < -0.4 is 10.00 Å². The maximum absolute atomic E-state index is 13.2. The summed E-state index contributed by atoms with van der Waals surface area (Å²) in [7, 11) is -3.65. The summed E-state index contributed by atoms with van der Waals surface area (Å²) in [5.41, 5.74) is 2.78. The van der Waals surface area contributed by atoms with E-state index < -0.39 is 15.9 Å². The number of nitrogens with one attached hydrogen (secondary N) is 3. The van der Waals surface area contributed by atoms with Crippen molar-refractivity contribution in [1.82, 2.24) is 19.4 Å². The SMILES string of the molecule is Cc1cc(NC(=O)c2cccc(S(=O)(=O)N3CCCCCC3)c2)[n+](-c2nc3ccccc3[nH]2)[nH]1. The lowest BCUT2D eigenvalue weighted by atomic mass is 10.2. The van der Waals surface area contributed by atoms with Gasteiger partial charge in [-0.25, -0.2) is 8.42 Å². The van der Waals surface area contributed by atoms with Crippen LogP contribution in [0.25, 0.3) is 17.0 Å². The van der Waals surface area contributed by atoms with E-state index in [0.717, 1.165) is 42.4 Å². The van der Waals surface area contributed by atoms with Crippen LogP contribution in [0, 0.1) is 6.92 Å². The number of amides is 1. The topological polar surface area (TPSA) is 115 Å². The molecule has 1 amide bonds. The monoisotopic (exact) mass is 479 g/mol. The summed E-state index contributed by atoms with van der Waals surface area (Å²) in [6, 6.07) is 15.7. The van der Waals surface area contributed by atoms with Crippen LogP contribution in [-0.4, -0.2) is 46.8 Å². The molecule has 1 aliphatic heterocycles. The maximum Gasteiger partial charge on any atom is 0.374 e. The minimum atomic E-state index is -3.65. The van der Waals surface area contributed by atoms with Gasteiger partial charge in [-0.05, 0) is 50.1 Å². The van der Waals surface area contributed by atoms with Gasteiger partial charge in [0.15, 0.2) is 5.52 Å². The number of hydrogen-bond donors (Lipinski definition) is 3. The Labute approximate surface area is 197 Å². The van der Waals surface area contributed by atoms with Crippen LogP contribution in [-0.2, 0) is 10.0 Å². The van der Waals surface area contributed by atoms with Crippen molar-refractivity contribution in [3.8, 4) is 5.95 Å². The summed E-state index contributed by atoms with van der Waals surface area (Å²) >= 11 is 0. The highest BCUT2D eigenvalue weighted by Gasteiger charge is 2.27. The molecule has 9 nitrogen and oxygen atoms in total. The van der Waals surface area contributed by atoms with Crippen molar-refractivity contribution >= 4 is 32.8 Å². The van der Waals surface area contributed by atoms with Crippen LogP contribution in [0.4, 0.5) is 5.82 Å². The maximum atomic E-state index is 13.2. The summed E-state index contributed by atoms with van der Waals surface area (Å²) < 4.78 is 29.5. The molecule has 2 aromatic carbocycles. The summed E-state index contributed by atoms with van der Waals surface area (Å²) in [5.74, 6) is 0.612. The first kappa shape index (κ1) is 22.3. The number of H-pyrrole nitrogens is 2. The van der Waals surface area contributed by atoms with Crippen molar-refractivity contribution in [3.05, 3.63) is 65.9 Å². The molecule has 10 heteroatoms. The van der Waals surface area contributed by atoms with E-state index in [4.69, 9.17) is 0 Å². The fourth-order valence-corrected chi connectivity index (χ4v) is 5.82. The molecule has 3 heterocycles. The first-order chi connectivity index (χ1) is 16.4. The lowest BCUT2D eigenvalue weighted by Crippen LogP contribution is -2.38. The Hall–Kier alpha value is -3.50. The number of para-hydroxylation sites is 2. The van der Waals surface area contributed by atoms with E-state index in [1.807, 2.05) is 31.2 Å². The second-order valence-electron chi connectivity index (χ2n) is 8.54. The first-order valence-electron chi connectivity index (χ1n) is 11.4. The molecule has 3 N–H and O–H groups in total. The fourth-order valence-electron chi connectivity index (χ4n) is 4.26. The van der Waals surface area contributed by atoms with Gasteiger partial charge in [-0.3, -0.25) is 20.2 Å². The third-order valence-corrected chi connectivity index (χ3v) is 7.91. The molecule has 1 aliphatic rings. The van der Waals surface area contributed by atoms with Gasteiger partial charge in [0.25, 0.3) is 5.91 Å². The van der Waals surface area contributed by atoms with Gasteiger partial charge in [0.05, 0.1) is 10.5 Å². The summed E-state index contributed by atoms with van der Waals surface area (Å²) in [4.78, 5) is 21.1. The fraction of sp³-hybridized carbons (Fsp3) is 0.292. The molecule has 0 spiro atoms. The predicted molar refractivity (Wildman–Crippen MR) is 128 cm³/mol. The number of benzene rings is 2. The number of hydrogen-bond acceptors (Lipinski definition) is 4. The van der Waals surface area contributed by atoms with Crippen LogP contribution in [0.1, 0.15) is 41.7 Å². The third kappa shape index (κ3) is 4.34. The third-order valence-electron chi connectivity index (χ3n) is 6.01. The molecule has 0 unspecified atom stereocenters. The van der Waals surface area contributed by atoms with Crippen LogP contribution in [0.5, 0.6) is 0 Å². The molecule has 4 aromatic rings. The van der Waals surface area contributed by atoms with Crippen LogP contribution in [0.2, 0.25) is 0 Å². The Morgan fingerprint density at radius 3 is 2.56 bits per heavy atom. The average molecular weight is 480 g/mol. The van der Waals surface area contributed by atoms with Crippen molar-refractivity contribution in [2.75, 3.05) is 18.4 Å². The van der Waals surface area contributed by atoms with E-state index in [1.54, 1.807) is 28.9 Å². The molecule has 5 rings (SSSR count). The highest BCUT2D eigenvalue weighted by Crippen LogP contribution is 2.22. The van der Waals surface area contributed by atoms with Gasteiger partial charge in [0, 0.05) is 24.8 Å². The summed E-state index contributed by atoms with van der Waals surface area (Å²) in [5, 5.41) is 6.05. The van der Waals surface area contributed by atoms with Crippen molar-refractivity contribution in [3.63, 3.8) is 0 Å². The minimum absolute atomic E-state index is 0.137. The zero-order valence-electron chi connectivity index (χ0n) is 18.9. The van der Waals surface area contributed by atoms with Crippen molar-refractivity contribution in [1.29, 1.82) is 0 Å². The second kappa shape index (κ2) is 9.03. The van der Waals surface area contributed by atoms with Crippen LogP contribution >= 0.6 is 0 Å². The quantitative estimate of drug-likeness (QED) is 0.381. The van der Waals surface area contributed by atoms with Crippen LogP contribution in [0.15, 0.2) is 59.5 Å². The number of carbonyl (C=O) groups is 1. The van der Waals surface area contributed by atoms with Gasteiger partial charge in [0.1, 0.15) is 5.52 Å². The highest BCUT2D eigenvalue weighted by molar-refractivity contribution is 7.89. The van der Waals surface area contributed by atoms with E-state index in [9.17, 15) is 13.2 Å². The summed E-state index contributed by atoms with van der Waals surface area (Å²) in [6.07, 6.45) is 3.79. The molecule has 0 bridgehead atoms. The number of carbonyl (C=O) groups excluding carboxylic acids is 1. The molecule has 2 aromatic heterocycles. The molecule has 0 radical (unpaired) electrons. The van der Waals surface area contributed by atoms with Gasteiger partial charge < -0.3 is 0 Å². The van der Waals surface area contributed by atoms with Gasteiger partial charge >= 0.3 is 5.95 Å². The first-order valence-corrected chi connectivity index (χ1v) is 12.8. The smallest absolute Gasteiger partial charge is 0.258 e. The molecule has 0 aliphatic carbocycles. The Morgan fingerprint density at radius 2 is 1.79 bits per heavy atom. The van der Waals surface area contributed by atoms with Crippen LogP contribution in [0.3, 0.4) is 0 Å². The van der Waals surface area contributed by atoms with E-state index in [1.165, 1.54) is 10.4 Å². The van der Waals surface area contributed by atoms with Crippen molar-refractivity contribution in [2.24, 2.45) is 0 Å². The number of rotatable bonds is 5. The molecule has 34 heavy (non-hydrogen) atoms. The summed E-state index contributed by atoms with van der Waals surface area (Å²) in [6.45, 7) is 2.90.